The number of nitro benzene ring substituents is 1. The number of nitrogens with one attached hydrogen (secondary N) is 1. The summed E-state index contributed by atoms with van der Waals surface area (Å²) in [4.78, 5) is 31.8. The molecule has 0 unspecified atom stereocenters. The Morgan fingerprint density at radius 1 is 1.45 bits per heavy atom. The Kier molecular flexibility index (Phi) is 5.09. The standard InChI is InChI=1S/C11H11FN2O6/c12-6-1-2-7(8(5-6)14(19)20)10(16)13-4-3-9(15)11(17)18/h1-2,5,9,15H,3-4H2,(H,13,16)(H,17,18)/t9-/m0/s1. The fraction of sp³-hybridized carbons (Fsp3) is 0.273. The molecule has 20 heavy (non-hydrogen) atoms. The molecule has 1 atom stereocenters. The number of hydrogen-bond donors (Lipinski definition) is 3. The Balaban J connectivity index is 2.73. The van der Waals surface area contributed by atoms with Crippen LogP contribution in [0.3, 0.4) is 0 Å². The molecule has 108 valence electrons. The quantitative estimate of drug-likeness (QED) is 0.509. The summed E-state index contributed by atoms with van der Waals surface area (Å²) in [5.74, 6) is -3.14. The second kappa shape index (κ2) is 6.57. The minimum atomic E-state index is -1.64. The number of nitrogens with zero attached hydrogens (tertiary/aromatic N) is 1. The number of carbonyl (C=O) groups excluding carboxylic acids is 1. The molecule has 0 aliphatic carbocycles. The lowest BCUT2D eigenvalue weighted by Crippen LogP contribution is -2.30. The molecule has 0 bridgehead atoms. The smallest absolute Gasteiger partial charge is 0.332 e. The fourth-order valence-corrected chi connectivity index (χ4v) is 1.39. The summed E-state index contributed by atoms with van der Waals surface area (Å²) in [6, 6.07) is 2.46. The van der Waals surface area contributed by atoms with Crippen molar-refractivity contribution in [2.24, 2.45) is 0 Å². The van der Waals surface area contributed by atoms with Gasteiger partial charge in [0.05, 0.1) is 11.0 Å². The van der Waals surface area contributed by atoms with Crippen LogP contribution in [0, 0.1) is 15.9 Å². The molecule has 1 aromatic carbocycles. The second-order valence-electron chi connectivity index (χ2n) is 3.82. The van der Waals surface area contributed by atoms with Crippen molar-refractivity contribution in [2.75, 3.05) is 6.54 Å². The van der Waals surface area contributed by atoms with Crippen LogP contribution in [0.5, 0.6) is 0 Å². The van der Waals surface area contributed by atoms with Gasteiger partial charge in [0.2, 0.25) is 0 Å². The van der Waals surface area contributed by atoms with Crippen LogP contribution >= 0.6 is 0 Å². The zero-order valence-electron chi connectivity index (χ0n) is 10.1. The summed E-state index contributed by atoms with van der Waals surface area (Å²) in [5.41, 5.74) is -1.04. The van der Waals surface area contributed by atoms with Gasteiger partial charge in [-0.25, -0.2) is 9.18 Å². The predicted octanol–water partition coefficient (Wildman–Crippen LogP) is 0.299. The summed E-state index contributed by atoms with van der Waals surface area (Å²) in [7, 11) is 0. The summed E-state index contributed by atoms with van der Waals surface area (Å²) in [6.07, 6.45) is -1.89. The molecule has 1 aromatic rings. The maximum absolute atomic E-state index is 12.9. The lowest BCUT2D eigenvalue weighted by atomic mass is 10.1. The Bertz CT molecular complexity index is 548. The van der Waals surface area contributed by atoms with Crippen molar-refractivity contribution in [1.82, 2.24) is 5.32 Å². The van der Waals surface area contributed by atoms with Crippen molar-refractivity contribution in [2.45, 2.75) is 12.5 Å². The predicted molar refractivity (Wildman–Crippen MR) is 63.6 cm³/mol. The molecule has 0 heterocycles. The Labute approximate surface area is 112 Å². The van der Waals surface area contributed by atoms with Gasteiger partial charge in [-0.15, -0.1) is 0 Å². The Morgan fingerprint density at radius 3 is 2.65 bits per heavy atom. The number of benzene rings is 1. The van der Waals surface area contributed by atoms with Gasteiger partial charge in [-0.2, -0.15) is 0 Å². The number of carboxylic acids is 1. The first-order chi connectivity index (χ1) is 9.32. The van der Waals surface area contributed by atoms with Gasteiger partial charge in [-0.3, -0.25) is 14.9 Å². The van der Waals surface area contributed by atoms with Crippen LogP contribution in [0.15, 0.2) is 18.2 Å². The van der Waals surface area contributed by atoms with Gasteiger partial charge in [-0.1, -0.05) is 0 Å². The molecule has 0 saturated heterocycles. The summed E-state index contributed by atoms with van der Waals surface area (Å²) >= 11 is 0. The van der Waals surface area contributed by atoms with E-state index in [0.717, 1.165) is 12.1 Å². The van der Waals surface area contributed by atoms with E-state index in [1.54, 1.807) is 0 Å². The third-order valence-electron chi connectivity index (χ3n) is 2.39. The first-order valence-electron chi connectivity index (χ1n) is 5.46. The van der Waals surface area contributed by atoms with Gasteiger partial charge in [0.1, 0.15) is 11.4 Å². The van der Waals surface area contributed by atoms with Crippen LogP contribution in [-0.2, 0) is 4.79 Å². The topological polar surface area (TPSA) is 130 Å². The Morgan fingerprint density at radius 2 is 2.10 bits per heavy atom. The number of hydrogen-bond acceptors (Lipinski definition) is 5. The maximum atomic E-state index is 12.9. The molecule has 1 rings (SSSR count). The van der Waals surface area contributed by atoms with Crippen LogP contribution < -0.4 is 5.32 Å². The number of aliphatic hydroxyl groups is 1. The van der Waals surface area contributed by atoms with E-state index in [2.05, 4.69) is 5.32 Å². The number of halogens is 1. The van der Waals surface area contributed by atoms with E-state index in [1.807, 2.05) is 0 Å². The molecule has 9 heteroatoms. The fourth-order valence-electron chi connectivity index (χ4n) is 1.39. The third kappa shape index (κ3) is 3.99. The summed E-state index contributed by atoms with van der Waals surface area (Å²) in [6.45, 7) is -0.194. The molecule has 0 saturated carbocycles. The van der Waals surface area contributed by atoms with E-state index in [9.17, 15) is 24.1 Å². The number of aliphatic carboxylic acids is 1. The number of amides is 1. The molecule has 0 aliphatic heterocycles. The summed E-state index contributed by atoms with van der Waals surface area (Å²) < 4.78 is 12.9. The van der Waals surface area contributed by atoms with Crippen LogP contribution in [0.25, 0.3) is 0 Å². The van der Waals surface area contributed by atoms with E-state index in [0.29, 0.717) is 6.07 Å². The average molecular weight is 286 g/mol. The number of carbonyl (C=O) groups is 2. The minimum Gasteiger partial charge on any atom is -0.479 e. The number of nitro groups is 1. The normalized spacial score (nSPS) is 11.7. The number of rotatable bonds is 6. The van der Waals surface area contributed by atoms with Crippen molar-refractivity contribution in [3.05, 3.63) is 39.7 Å². The summed E-state index contributed by atoms with van der Waals surface area (Å²) in [5, 5.41) is 30.3. The van der Waals surface area contributed by atoms with Crippen molar-refractivity contribution >= 4 is 17.6 Å². The zero-order chi connectivity index (χ0) is 15.3. The molecule has 0 spiro atoms. The first kappa shape index (κ1) is 15.5. The van der Waals surface area contributed by atoms with Crippen LogP contribution in [-0.4, -0.2) is 39.7 Å². The molecular weight excluding hydrogens is 275 g/mol. The molecule has 0 radical (unpaired) electrons. The van der Waals surface area contributed by atoms with E-state index in [4.69, 9.17) is 10.2 Å². The lowest BCUT2D eigenvalue weighted by Gasteiger charge is -2.07. The largest absolute Gasteiger partial charge is 0.479 e. The minimum absolute atomic E-state index is 0.194. The van der Waals surface area contributed by atoms with E-state index < -0.39 is 34.4 Å². The highest BCUT2D eigenvalue weighted by Crippen LogP contribution is 2.19. The second-order valence-corrected chi connectivity index (χ2v) is 3.82. The van der Waals surface area contributed by atoms with E-state index in [1.165, 1.54) is 0 Å². The van der Waals surface area contributed by atoms with Gasteiger partial charge in [0.25, 0.3) is 11.6 Å². The Hall–Kier alpha value is -2.55. The van der Waals surface area contributed by atoms with Gasteiger partial charge >= 0.3 is 5.97 Å². The van der Waals surface area contributed by atoms with Gasteiger partial charge < -0.3 is 15.5 Å². The highest BCUT2D eigenvalue weighted by molar-refractivity contribution is 5.98. The van der Waals surface area contributed by atoms with Gasteiger partial charge in [-0.05, 0) is 12.1 Å². The maximum Gasteiger partial charge on any atom is 0.332 e. The molecule has 1 amide bonds. The van der Waals surface area contributed by atoms with Crippen LogP contribution in [0.2, 0.25) is 0 Å². The average Bonchev–Trinajstić information content (AvgIpc) is 2.37. The van der Waals surface area contributed by atoms with Gasteiger partial charge in [0.15, 0.2) is 6.10 Å². The van der Waals surface area contributed by atoms with Crippen molar-refractivity contribution < 1.29 is 29.1 Å². The van der Waals surface area contributed by atoms with Gasteiger partial charge in [0, 0.05) is 13.0 Å². The number of aliphatic hydroxyl groups excluding tert-OH is 1. The van der Waals surface area contributed by atoms with E-state index in [-0.39, 0.29) is 18.5 Å². The zero-order valence-corrected chi connectivity index (χ0v) is 10.1. The van der Waals surface area contributed by atoms with Crippen LogP contribution in [0.4, 0.5) is 10.1 Å². The highest BCUT2D eigenvalue weighted by Gasteiger charge is 2.21. The van der Waals surface area contributed by atoms with Crippen LogP contribution in [0.1, 0.15) is 16.8 Å². The monoisotopic (exact) mass is 286 g/mol. The number of carboxylic acid groups (broad SMARTS) is 1. The third-order valence-corrected chi connectivity index (χ3v) is 2.39. The molecule has 3 N–H and O–H groups in total. The van der Waals surface area contributed by atoms with Crippen molar-refractivity contribution in [1.29, 1.82) is 0 Å². The van der Waals surface area contributed by atoms with Crippen molar-refractivity contribution in [3.8, 4) is 0 Å². The molecule has 8 nitrogen and oxygen atoms in total. The molecule has 0 aromatic heterocycles. The van der Waals surface area contributed by atoms with Crippen molar-refractivity contribution in [3.63, 3.8) is 0 Å². The molecule has 0 fully saturated rings. The van der Waals surface area contributed by atoms with E-state index >= 15 is 0 Å². The molecular formula is C11H11FN2O6. The first-order valence-corrected chi connectivity index (χ1v) is 5.46. The SMILES string of the molecule is O=C(NCC[C@H](O)C(=O)O)c1ccc(F)cc1[N+](=O)[O-]. The lowest BCUT2D eigenvalue weighted by molar-refractivity contribution is -0.385. The highest BCUT2D eigenvalue weighted by atomic mass is 19.1. The molecule has 0 aliphatic rings.